The SMILES string of the molecule is N=C(N)CN=Cc1cc(Cl)cc(Cl)c1. The average Bonchev–Trinajstić information content (AvgIpc) is 2.01. The van der Waals surface area contributed by atoms with Crippen molar-refractivity contribution in [2.45, 2.75) is 0 Å². The van der Waals surface area contributed by atoms with Gasteiger partial charge in [0.2, 0.25) is 0 Å². The third-order valence-corrected chi connectivity index (χ3v) is 1.82. The van der Waals surface area contributed by atoms with E-state index in [4.69, 9.17) is 34.3 Å². The first kappa shape index (κ1) is 11.0. The molecule has 0 bridgehead atoms. The van der Waals surface area contributed by atoms with E-state index in [1.165, 1.54) is 0 Å². The number of halogens is 2. The standard InChI is InChI=1S/C9H9Cl2N3/c10-7-1-6(2-8(11)3-7)4-14-5-9(12)13/h1-4H,5H2,(H3,12,13). The Morgan fingerprint density at radius 3 is 2.43 bits per heavy atom. The Kier molecular flexibility index (Phi) is 3.92. The molecule has 0 unspecified atom stereocenters. The maximum absolute atomic E-state index is 6.96. The van der Waals surface area contributed by atoms with E-state index >= 15 is 0 Å². The third-order valence-electron chi connectivity index (χ3n) is 1.39. The molecule has 14 heavy (non-hydrogen) atoms. The van der Waals surface area contributed by atoms with Gasteiger partial charge in [-0.25, -0.2) is 0 Å². The molecule has 0 atom stereocenters. The molecule has 0 aliphatic heterocycles. The van der Waals surface area contributed by atoms with Crippen molar-refractivity contribution < 1.29 is 0 Å². The Morgan fingerprint density at radius 2 is 1.93 bits per heavy atom. The Bertz CT molecular complexity index is 354. The molecule has 0 aliphatic rings. The van der Waals surface area contributed by atoms with Gasteiger partial charge in [-0.2, -0.15) is 0 Å². The van der Waals surface area contributed by atoms with Crippen molar-refractivity contribution in [2.75, 3.05) is 6.54 Å². The van der Waals surface area contributed by atoms with Crippen LogP contribution in [0.2, 0.25) is 10.0 Å². The van der Waals surface area contributed by atoms with Crippen LogP contribution in [0.3, 0.4) is 0 Å². The van der Waals surface area contributed by atoms with Crippen LogP contribution in [0, 0.1) is 5.41 Å². The largest absolute Gasteiger partial charge is 0.386 e. The molecule has 0 spiro atoms. The summed E-state index contributed by atoms with van der Waals surface area (Å²) in [6.07, 6.45) is 1.58. The van der Waals surface area contributed by atoms with Gasteiger partial charge in [-0.1, -0.05) is 23.2 Å². The molecule has 0 fully saturated rings. The third kappa shape index (κ3) is 3.77. The van der Waals surface area contributed by atoms with Crippen LogP contribution in [0.1, 0.15) is 5.56 Å². The second-order valence-electron chi connectivity index (χ2n) is 2.70. The summed E-state index contributed by atoms with van der Waals surface area (Å²) in [5, 5.41) is 8.07. The fourth-order valence-electron chi connectivity index (χ4n) is 0.899. The van der Waals surface area contributed by atoms with E-state index < -0.39 is 0 Å². The average molecular weight is 230 g/mol. The van der Waals surface area contributed by atoms with E-state index in [0.717, 1.165) is 5.56 Å². The Balaban J connectivity index is 2.76. The highest BCUT2D eigenvalue weighted by Crippen LogP contribution is 2.17. The maximum atomic E-state index is 6.96. The van der Waals surface area contributed by atoms with Crippen LogP contribution in [-0.4, -0.2) is 18.6 Å². The van der Waals surface area contributed by atoms with Gasteiger partial charge in [-0.3, -0.25) is 10.4 Å². The predicted molar refractivity (Wildman–Crippen MR) is 60.8 cm³/mol. The number of hydrogen-bond acceptors (Lipinski definition) is 2. The minimum absolute atomic E-state index is 0.0226. The molecule has 1 aromatic carbocycles. The summed E-state index contributed by atoms with van der Waals surface area (Å²) < 4.78 is 0. The molecule has 0 radical (unpaired) electrons. The molecule has 0 saturated heterocycles. The fraction of sp³-hybridized carbons (Fsp3) is 0.111. The molecule has 0 aliphatic carbocycles. The molecule has 0 aromatic heterocycles. The molecule has 0 saturated carbocycles. The van der Waals surface area contributed by atoms with Crippen molar-refractivity contribution in [3.05, 3.63) is 33.8 Å². The van der Waals surface area contributed by atoms with E-state index in [2.05, 4.69) is 4.99 Å². The van der Waals surface area contributed by atoms with Crippen LogP contribution in [0.25, 0.3) is 0 Å². The summed E-state index contributed by atoms with van der Waals surface area (Å²) in [4.78, 5) is 3.93. The minimum Gasteiger partial charge on any atom is -0.386 e. The summed E-state index contributed by atoms with van der Waals surface area (Å²) in [6.45, 7) is 0.185. The first-order valence-electron chi connectivity index (χ1n) is 3.87. The highest BCUT2D eigenvalue weighted by molar-refractivity contribution is 6.35. The topological polar surface area (TPSA) is 62.2 Å². The normalized spacial score (nSPS) is 10.7. The van der Waals surface area contributed by atoms with Crippen molar-refractivity contribution in [1.82, 2.24) is 0 Å². The van der Waals surface area contributed by atoms with Crippen LogP contribution in [0.4, 0.5) is 0 Å². The smallest absolute Gasteiger partial charge is 0.113 e. The van der Waals surface area contributed by atoms with Crippen LogP contribution in [0.5, 0.6) is 0 Å². The summed E-state index contributed by atoms with van der Waals surface area (Å²) in [7, 11) is 0. The molecular formula is C9H9Cl2N3. The van der Waals surface area contributed by atoms with Crippen LogP contribution in [0.15, 0.2) is 23.2 Å². The first-order valence-corrected chi connectivity index (χ1v) is 4.62. The summed E-state index contributed by atoms with van der Waals surface area (Å²) in [6, 6.07) is 5.11. The molecule has 3 nitrogen and oxygen atoms in total. The molecule has 0 heterocycles. The number of nitrogens with one attached hydrogen (secondary N) is 1. The number of amidine groups is 1. The number of nitrogens with two attached hydrogens (primary N) is 1. The lowest BCUT2D eigenvalue weighted by atomic mass is 10.2. The number of aliphatic imine (C=N–C) groups is 1. The van der Waals surface area contributed by atoms with Gasteiger partial charge < -0.3 is 5.73 Å². The predicted octanol–water partition coefficient (Wildman–Crippen LogP) is 2.35. The lowest BCUT2D eigenvalue weighted by molar-refractivity contribution is 1.24. The molecule has 1 rings (SSSR count). The van der Waals surface area contributed by atoms with Gasteiger partial charge >= 0.3 is 0 Å². The summed E-state index contributed by atoms with van der Waals surface area (Å²) in [5.41, 5.74) is 5.93. The number of hydrogen-bond donors (Lipinski definition) is 2. The van der Waals surface area contributed by atoms with Crippen molar-refractivity contribution in [3.63, 3.8) is 0 Å². The Morgan fingerprint density at radius 1 is 1.36 bits per heavy atom. The summed E-state index contributed by atoms with van der Waals surface area (Å²) in [5.74, 6) is 0.0226. The fourth-order valence-corrected chi connectivity index (χ4v) is 1.44. The van der Waals surface area contributed by atoms with E-state index in [1.807, 2.05) is 0 Å². The van der Waals surface area contributed by atoms with Crippen LogP contribution < -0.4 is 5.73 Å². The highest BCUT2D eigenvalue weighted by atomic mass is 35.5. The monoisotopic (exact) mass is 229 g/mol. The van der Waals surface area contributed by atoms with E-state index in [-0.39, 0.29) is 12.4 Å². The van der Waals surface area contributed by atoms with Crippen molar-refractivity contribution in [2.24, 2.45) is 10.7 Å². The van der Waals surface area contributed by atoms with Crippen molar-refractivity contribution >= 4 is 35.3 Å². The second kappa shape index (κ2) is 4.98. The van der Waals surface area contributed by atoms with Crippen LogP contribution in [-0.2, 0) is 0 Å². The lowest BCUT2D eigenvalue weighted by Crippen LogP contribution is -2.12. The van der Waals surface area contributed by atoms with Gasteiger partial charge in [0.1, 0.15) is 5.84 Å². The quantitative estimate of drug-likeness (QED) is 0.607. The maximum Gasteiger partial charge on any atom is 0.113 e. The molecule has 1 aromatic rings. The lowest BCUT2D eigenvalue weighted by Gasteiger charge is -1.96. The number of benzene rings is 1. The Labute approximate surface area is 92.1 Å². The first-order chi connectivity index (χ1) is 6.58. The van der Waals surface area contributed by atoms with Crippen molar-refractivity contribution in [3.8, 4) is 0 Å². The molecule has 74 valence electrons. The Hall–Kier alpha value is -1.06. The number of nitrogens with zero attached hydrogens (tertiary/aromatic N) is 1. The highest BCUT2D eigenvalue weighted by Gasteiger charge is 1.95. The second-order valence-corrected chi connectivity index (χ2v) is 3.57. The van der Waals surface area contributed by atoms with E-state index in [1.54, 1.807) is 24.4 Å². The number of rotatable bonds is 3. The van der Waals surface area contributed by atoms with E-state index in [9.17, 15) is 0 Å². The van der Waals surface area contributed by atoms with Gasteiger partial charge in [-0.05, 0) is 23.8 Å². The zero-order valence-electron chi connectivity index (χ0n) is 7.30. The van der Waals surface area contributed by atoms with E-state index in [0.29, 0.717) is 10.0 Å². The zero-order chi connectivity index (χ0) is 10.6. The van der Waals surface area contributed by atoms with Gasteiger partial charge in [0, 0.05) is 16.3 Å². The molecule has 0 amide bonds. The summed E-state index contributed by atoms with van der Waals surface area (Å²) >= 11 is 11.6. The van der Waals surface area contributed by atoms with Gasteiger partial charge in [-0.15, -0.1) is 0 Å². The van der Waals surface area contributed by atoms with Crippen LogP contribution >= 0.6 is 23.2 Å². The van der Waals surface area contributed by atoms with Gasteiger partial charge in [0.25, 0.3) is 0 Å². The molecule has 5 heteroatoms. The van der Waals surface area contributed by atoms with Gasteiger partial charge in [0.05, 0.1) is 6.54 Å². The molecule has 3 N–H and O–H groups in total. The van der Waals surface area contributed by atoms with Gasteiger partial charge in [0.15, 0.2) is 0 Å². The van der Waals surface area contributed by atoms with Crippen molar-refractivity contribution in [1.29, 1.82) is 5.41 Å². The zero-order valence-corrected chi connectivity index (χ0v) is 8.81. The molecular weight excluding hydrogens is 221 g/mol. The minimum atomic E-state index is 0.0226.